The van der Waals surface area contributed by atoms with Crippen LogP contribution in [0, 0.1) is 5.92 Å². The van der Waals surface area contributed by atoms with Crippen LogP contribution in [-0.2, 0) is 6.54 Å². The lowest BCUT2D eigenvalue weighted by molar-refractivity contribution is 0.0616. The van der Waals surface area contributed by atoms with Crippen molar-refractivity contribution in [2.24, 2.45) is 5.92 Å². The lowest BCUT2D eigenvalue weighted by Crippen LogP contribution is -2.38. The van der Waals surface area contributed by atoms with E-state index in [9.17, 15) is 4.79 Å². The van der Waals surface area contributed by atoms with Crippen LogP contribution in [0.4, 0.5) is 0 Å². The van der Waals surface area contributed by atoms with Crippen molar-refractivity contribution in [3.8, 4) is 0 Å². The molecule has 1 aliphatic rings. The summed E-state index contributed by atoms with van der Waals surface area (Å²) in [4.78, 5) is 25.9. The zero-order valence-corrected chi connectivity index (χ0v) is 11.8. The average molecular weight is 273 g/mol. The Balaban J connectivity index is 1.99. The highest BCUT2D eigenvalue weighted by Crippen LogP contribution is 2.31. The summed E-state index contributed by atoms with van der Waals surface area (Å²) < 4.78 is 2.16. The number of nitrogens with zero attached hydrogens (tertiary/aromatic N) is 4. The van der Waals surface area contributed by atoms with Gasteiger partial charge in [0.1, 0.15) is 11.5 Å². The molecule has 0 spiro atoms. The molecule has 0 aromatic carbocycles. The third kappa shape index (κ3) is 2.11. The van der Waals surface area contributed by atoms with Crippen LogP contribution in [0.15, 0.2) is 24.9 Å². The fourth-order valence-corrected chi connectivity index (χ4v) is 2.88. The molecule has 1 aliphatic heterocycles. The normalized spacial score (nSPS) is 18.9. The molecule has 0 radical (unpaired) electrons. The van der Waals surface area contributed by atoms with Crippen molar-refractivity contribution in [1.29, 1.82) is 0 Å². The van der Waals surface area contributed by atoms with E-state index in [0.717, 1.165) is 25.3 Å². The number of fused-ring (bicyclic) bond motifs is 1. The second-order valence-corrected chi connectivity index (χ2v) is 5.49. The van der Waals surface area contributed by atoms with Crippen LogP contribution in [-0.4, -0.2) is 36.9 Å². The minimum atomic E-state index is -0.00218. The van der Waals surface area contributed by atoms with Gasteiger partial charge in [-0.15, -0.1) is 0 Å². The maximum Gasteiger partial charge on any atom is 0.272 e. The monoisotopic (exact) mass is 273 g/mol. The summed E-state index contributed by atoms with van der Waals surface area (Å²) >= 11 is 0. The van der Waals surface area contributed by atoms with E-state index in [0.29, 0.717) is 11.6 Å². The van der Waals surface area contributed by atoms with Crippen molar-refractivity contribution < 1.29 is 4.79 Å². The fourth-order valence-electron chi connectivity index (χ4n) is 2.88. The van der Waals surface area contributed by atoms with E-state index >= 15 is 0 Å². The van der Waals surface area contributed by atoms with Gasteiger partial charge in [0.05, 0.1) is 18.6 Å². The molecular formula is C14H19N5O. The van der Waals surface area contributed by atoms with Crippen LogP contribution in [0.5, 0.6) is 0 Å². The molecule has 0 bridgehead atoms. The molecule has 3 heterocycles. The van der Waals surface area contributed by atoms with Gasteiger partial charge in [0.15, 0.2) is 0 Å². The van der Waals surface area contributed by atoms with E-state index in [1.165, 1.54) is 6.33 Å². The van der Waals surface area contributed by atoms with Gasteiger partial charge in [-0.25, -0.2) is 9.97 Å². The number of carbonyl (C=O) groups excluding carboxylic acids is 1. The lowest BCUT2D eigenvalue weighted by atomic mass is 10.0. The van der Waals surface area contributed by atoms with E-state index in [-0.39, 0.29) is 11.9 Å². The van der Waals surface area contributed by atoms with Gasteiger partial charge in [-0.1, -0.05) is 13.8 Å². The van der Waals surface area contributed by atoms with Crippen LogP contribution >= 0.6 is 0 Å². The summed E-state index contributed by atoms with van der Waals surface area (Å²) in [6.45, 7) is 5.90. The number of aromatic nitrogens is 4. The molecule has 106 valence electrons. The van der Waals surface area contributed by atoms with Crippen LogP contribution in [0.1, 0.15) is 42.6 Å². The minimum absolute atomic E-state index is 0.00218. The fraction of sp³-hybridized carbons (Fsp3) is 0.500. The summed E-state index contributed by atoms with van der Waals surface area (Å²) in [6, 6.07) is 0.00306. The van der Waals surface area contributed by atoms with Gasteiger partial charge >= 0.3 is 0 Å². The molecule has 3 rings (SSSR count). The Morgan fingerprint density at radius 2 is 2.30 bits per heavy atom. The van der Waals surface area contributed by atoms with E-state index in [1.807, 2.05) is 17.3 Å². The maximum atomic E-state index is 12.7. The predicted molar refractivity (Wildman–Crippen MR) is 74.0 cm³/mol. The van der Waals surface area contributed by atoms with E-state index < -0.39 is 0 Å². The van der Waals surface area contributed by atoms with E-state index in [1.54, 1.807) is 6.20 Å². The van der Waals surface area contributed by atoms with E-state index in [4.69, 9.17) is 0 Å². The molecule has 1 amide bonds. The number of amides is 1. The Morgan fingerprint density at radius 1 is 1.45 bits per heavy atom. The molecule has 2 aromatic rings. The van der Waals surface area contributed by atoms with Crippen LogP contribution in [0.2, 0.25) is 0 Å². The number of H-pyrrole nitrogens is 1. The molecule has 1 N–H and O–H groups in total. The molecule has 0 saturated carbocycles. The van der Waals surface area contributed by atoms with Gasteiger partial charge in [-0.2, -0.15) is 0 Å². The standard InChI is InChI=1S/C14H19N5O/c1-10(2)12-13-16-4-7-18(13)5-3-6-19(12)14(20)11-8-15-9-17-11/h4,7-10,12H,3,5-6H2,1-2H3,(H,15,17). The zero-order chi connectivity index (χ0) is 14.1. The van der Waals surface area contributed by atoms with Gasteiger partial charge in [0.2, 0.25) is 0 Å². The molecule has 6 nitrogen and oxygen atoms in total. The second kappa shape index (κ2) is 5.11. The first kappa shape index (κ1) is 12.9. The van der Waals surface area contributed by atoms with Gasteiger partial charge < -0.3 is 14.5 Å². The van der Waals surface area contributed by atoms with E-state index in [2.05, 4.69) is 33.4 Å². The van der Waals surface area contributed by atoms with Crippen LogP contribution in [0.3, 0.4) is 0 Å². The number of aromatic amines is 1. The molecule has 20 heavy (non-hydrogen) atoms. The maximum absolute atomic E-state index is 12.7. The van der Waals surface area contributed by atoms with Crippen molar-refractivity contribution in [3.63, 3.8) is 0 Å². The Kier molecular flexibility index (Phi) is 3.30. The summed E-state index contributed by atoms with van der Waals surface area (Å²) in [5.41, 5.74) is 0.538. The summed E-state index contributed by atoms with van der Waals surface area (Å²) in [7, 11) is 0. The average Bonchev–Trinajstić information content (AvgIpc) is 3.06. The largest absolute Gasteiger partial charge is 0.341 e. The number of aryl methyl sites for hydroxylation is 1. The SMILES string of the molecule is CC(C)C1c2nccn2CCCN1C(=O)c1cnc[nH]1. The number of imidazole rings is 2. The highest BCUT2D eigenvalue weighted by atomic mass is 16.2. The van der Waals surface area contributed by atoms with Crippen molar-refractivity contribution in [1.82, 2.24) is 24.4 Å². The Bertz CT molecular complexity index is 586. The molecular weight excluding hydrogens is 254 g/mol. The molecule has 2 aromatic heterocycles. The quantitative estimate of drug-likeness (QED) is 0.908. The topological polar surface area (TPSA) is 66.8 Å². The first-order chi connectivity index (χ1) is 9.68. The van der Waals surface area contributed by atoms with Crippen molar-refractivity contribution in [3.05, 3.63) is 36.4 Å². The zero-order valence-electron chi connectivity index (χ0n) is 11.8. The molecule has 0 fully saturated rings. The van der Waals surface area contributed by atoms with Gasteiger partial charge in [0, 0.05) is 25.5 Å². The minimum Gasteiger partial charge on any atom is -0.341 e. The highest BCUT2D eigenvalue weighted by molar-refractivity contribution is 5.92. The van der Waals surface area contributed by atoms with Gasteiger partial charge in [-0.05, 0) is 12.3 Å². The number of carbonyl (C=O) groups is 1. The van der Waals surface area contributed by atoms with Crippen LogP contribution in [0.25, 0.3) is 0 Å². The van der Waals surface area contributed by atoms with Crippen molar-refractivity contribution in [2.75, 3.05) is 6.54 Å². The number of hydrogen-bond acceptors (Lipinski definition) is 3. The second-order valence-electron chi connectivity index (χ2n) is 5.49. The third-order valence-electron chi connectivity index (χ3n) is 3.77. The first-order valence-electron chi connectivity index (χ1n) is 6.99. The Morgan fingerprint density at radius 3 is 3.00 bits per heavy atom. The third-order valence-corrected chi connectivity index (χ3v) is 3.77. The highest BCUT2D eigenvalue weighted by Gasteiger charge is 2.33. The summed E-state index contributed by atoms with van der Waals surface area (Å²) in [5, 5.41) is 0. The molecule has 6 heteroatoms. The lowest BCUT2D eigenvalue weighted by Gasteiger charge is -2.31. The smallest absolute Gasteiger partial charge is 0.272 e. The van der Waals surface area contributed by atoms with Gasteiger partial charge in [0.25, 0.3) is 5.91 Å². The van der Waals surface area contributed by atoms with Crippen LogP contribution < -0.4 is 0 Å². The first-order valence-corrected chi connectivity index (χ1v) is 6.99. The number of rotatable bonds is 2. The number of nitrogens with one attached hydrogen (secondary N) is 1. The van der Waals surface area contributed by atoms with Gasteiger partial charge in [-0.3, -0.25) is 4.79 Å². The Hall–Kier alpha value is -2.11. The predicted octanol–water partition coefficient (Wildman–Crippen LogP) is 1.85. The van der Waals surface area contributed by atoms with Crippen molar-refractivity contribution in [2.45, 2.75) is 32.9 Å². The number of hydrogen-bond donors (Lipinski definition) is 1. The molecule has 0 saturated heterocycles. The van der Waals surface area contributed by atoms with Crippen molar-refractivity contribution >= 4 is 5.91 Å². The molecule has 1 atom stereocenters. The summed E-state index contributed by atoms with van der Waals surface area (Å²) in [6.07, 6.45) is 7.86. The molecule has 0 aliphatic carbocycles. The Labute approximate surface area is 117 Å². The summed E-state index contributed by atoms with van der Waals surface area (Å²) in [5.74, 6) is 1.28. The molecule has 1 unspecified atom stereocenters.